The molecule has 0 atom stereocenters. The van der Waals surface area contributed by atoms with Crippen LogP contribution in [0.2, 0.25) is 5.02 Å². The number of hydrazine groups is 1. The number of hydrogen-bond donors (Lipinski definition) is 3. The second-order valence-electron chi connectivity index (χ2n) is 5.10. The Kier molecular flexibility index (Phi) is 6.40. The van der Waals surface area contributed by atoms with Gasteiger partial charge in [-0.25, -0.2) is 0 Å². The molecule has 0 saturated carbocycles. The van der Waals surface area contributed by atoms with E-state index in [0.717, 1.165) is 11.1 Å². The topological polar surface area (TPSA) is 70.2 Å². The van der Waals surface area contributed by atoms with Crippen molar-refractivity contribution in [2.75, 3.05) is 6.54 Å². The molecule has 2 aromatic carbocycles. The van der Waals surface area contributed by atoms with Crippen LogP contribution in [0, 0.1) is 0 Å². The molecule has 6 heteroatoms. The molecule has 0 aromatic heterocycles. The lowest BCUT2D eigenvalue weighted by Crippen LogP contribution is -2.43. The molecule has 24 heavy (non-hydrogen) atoms. The molecule has 0 fully saturated rings. The van der Waals surface area contributed by atoms with Gasteiger partial charge in [0.2, 0.25) is 5.91 Å². The minimum absolute atomic E-state index is 0.118. The molecule has 2 aromatic rings. The lowest BCUT2D eigenvalue weighted by atomic mass is 10.1. The predicted octanol–water partition coefficient (Wildman–Crippen LogP) is 2.29. The molecule has 0 aliphatic rings. The Hall–Kier alpha value is -2.79. The van der Waals surface area contributed by atoms with Crippen LogP contribution in [0.4, 0.5) is 0 Å². The molecule has 0 saturated heterocycles. The number of benzene rings is 2. The number of rotatable bonds is 7. The van der Waals surface area contributed by atoms with E-state index in [1.54, 1.807) is 24.3 Å². The highest BCUT2D eigenvalue weighted by Gasteiger charge is 2.07. The van der Waals surface area contributed by atoms with Gasteiger partial charge in [-0.15, -0.1) is 0 Å². The summed E-state index contributed by atoms with van der Waals surface area (Å²) in [6.45, 7) is 3.70. The van der Waals surface area contributed by atoms with Gasteiger partial charge in [0.15, 0.2) is 0 Å². The average molecular weight is 344 g/mol. The summed E-state index contributed by atoms with van der Waals surface area (Å²) in [6, 6.07) is 16.4. The van der Waals surface area contributed by atoms with Gasteiger partial charge in [0.25, 0.3) is 5.91 Å². The third kappa shape index (κ3) is 5.78. The summed E-state index contributed by atoms with van der Waals surface area (Å²) in [5.74, 6) is -0.584. The zero-order chi connectivity index (χ0) is 17.4. The van der Waals surface area contributed by atoms with Crippen molar-refractivity contribution in [1.82, 2.24) is 16.2 Å². The molecule has 3 N–H and O–H groups in total. The van der Waals surface area contributed by atoms with Gasteiger partial charge in [0.1, 0.15) is 0 Å². The molecular weight excluding hydrogens is 326 g/mol. The van der Waals surface area contributed by atoms with E-state index >= 15 is 0 Å². The fourth-order valence-corrected chi connectivity index (χ4v) is 2.06. The Bertz CT molecular complexity index is 715. The standard InChI is InChI=1S/C18H18ClN3O2/c1-13(15-7-9-16(19)10-8-15)21-22-18(24)12-20-17(23)11-14-5-3-2-4-6-14/h2-10,21H,1,11-12H2,(H,20,23)(H,22,24). The Morgan fingerprint density at radius 1 is 0.917 bits per heavy atom. The maximum absolute atomic E-state index is 11.8. The summed E-state index contributed by atoms with van der Waals surface area (Å²) in [6.07, 6.45) is 0.235. The molecule has 0 radical (unpaired) electrons. The van der Waals surface area contributed by atoms with Crippen molar-refractivity contribution in [3.8, 4) is 0 Å². The Balaban J connectivity index is 1.70. The second-order valence-corrected chi connectivity index (χ2v) is 5.53. The smallest absolute Gasteiger partial charge is 0.257 e. The van der Waals surface area contributed by atoms with Gasteiger partial charge >= 0.3 is 0 Å². The van der Waals surface area contributed by atoms with Gasteiger partial charge in [-0.2, -0.15) is 0 Å². The summed E-state index contributed by atoms with van der Waals surface area (Å²) >= 11 is 5.81. The van der Waals surface area contributed by atoms with Crippen molar-refractivity contribution in [2.24, 2.45) is 0 Å². The van der Waals surface area contributed by atoms with E-state index in [4.69, 9.17) is 11.6 Å². The molecule has 0 unspecified atom stereocenters. The number of carbonyl (C=O) groups is 2. The molecular formula is C18H18ClN3O2. The Morgan fingerprint density at radius 2 is 1.58 bits per heavy atom. The van der Waals surface area contributed by atoms with Crippen molar-refractivity contribution in [2.45, 2.75) is 6.42 Å². The zero-order valence-electron chi connectivity index (χ0n) is 13.0. The van der Waals surface area contributed by atoms with Crippen LogP contribution in [0.3, 0.4) is 0 Å². The SMILES string of the molecule is C=C(NNC(=O)CNC(=O)Cc1ccccc1)c1ccc(Cl)cc1. The number of carbonyl (C=O) groups excluding carboxylic acids is 2. The van der Waals surface area contributed by atoms with Crippen LogP contribution in [0.5, 0.6) is 0 Å². The average Bonchev–Trinajstić information content (AvgIpc) is 2.59. The van der Waals surface area contributed by atoms with E-state index in [-0.39, 0.29) is 24.8 Å². The first-order valence-electron chi connectivity index (χ1n) is 7.35. The maximum atomic E-state index is 11.8. The highest BCUT2D eigenvalue weighted by molar-refractivity contribution is 6.30. The lowest BCUT2D eigenvalue weighted by Gasteiger charge is -2.12. The quantitative estimate of drug-likeness (QED) is 0.675. The molecule has 0 spiro atoms. The van der Waals surface area contributed by atoms with Crippen molar-refractivity contribution in [3.63, 3.8) is 0 Å². The van der Waals surface area contributed by atoms with E-state index in [1.165, 1.54) is 0 Å². The predicted molar refractivity (Wildman–Crippen MR) is 94.9 cm³/mol. The highest BCUT2D eigenvalue weighted by atomic mass is 35.5. The highest BCUT2D eigenvalue weighted by Crippen LogP contribution is 2.13. The third-order valence-corrected chi connectivity index (χ3v) is 3.45. The normalized spacial score (nSPS) is 9.88. The van der Waals surface area contributed by atoms with Crippen molar-refractivity contribution >= 4 is 29.1 Å². The number of amides is 2. The molecule has 5 nitrogen and oxygen atoms in total. The van der Waals surface area contributed by atoms with Crippen molar-refractivity contribution in [1.29, 1.82) is 0 Å². The van der Waals surface area contributed by atoms with Crippen LogP contribution in [0.25, 0.3) is 5.70 Å². The monoisotopic (exact) mass is 343 g/mol. The van der Waals surface area contributed by atoms with Gasteiger partial charge in [-0.1, -0.05) is 60.6 Å². The molecule has 0 aliphatic heterocycles. The summed E-state index contributed by atoms with van der Waals surface area (Å²) in [4.78, 5) is 23.5. The number of hydrogen-bond acceptors (Lipinski definition) is 3. The second kappa shape index (κ2) is 8.74. The third-order valence-electron chi connectivity index (χ3n) is 3.20. The molecule has 0 bridgehead atoms. The van der Waals surface area contributed by atoms with E-state index in [2.05, 4.69) is 22.7 Å². The Labute approximate surface area is 145 Å². The number of halogens is 1. The minimum atomic E-state index is -0.369. The van der Waals surface area contributed by atoms with Gasteiger partial charge in [-0.05, 0) is 23.3 Å². The number of nitrogens with one attached hydrogen (secondary N) is 3. The van der Waals surface area contributed by atoms with Gasteiger partial charge < -0.3 is 5.32 Å². The van der Waals surface area contributed by atoms with Crippen LogP contribution in [0.1, 0.15) is 11.1 Å². The minimum Gasteiger partial charge on any atom is -0.347 e. The van der Waals surface area contributed by atoms with Crippen LogP contribution in [-0.2, 0) is 16.0 Å². The molecule has 0 aliphatic carbocycles. The van der Waals surface area contributed by atoms with Crippen molar-refractivity contribution < 1.29 is 9.59 Å². The first-order chi connectivity index (χ1) is 11.5. The molecule has 124 valence electrons. The van der Waals surface area contributed by atoms with E-state index in [1.807, 2.05) is 30.3 Å². The van der Waals surface area contributed by atoms with E-state index < -0.39 is 0 Å². The summed E-state index contributed by atoms with van der Waals surface area (Å²) in [5.41, 5.74) is 7.40. The summed E-state index contributed by atoms with van der Waals surface area (Å²) in [7, 11) is 0. The van der Waals surface area contributed by atoms with Crippen LogP contribution < -0.4 is 16.2 Å². The fourth-order valence-electron chi connectivity index (χ4n) is 1.94. The van der Waals surface area contributed by atoms with Gasteiger partial charge in [0, 0.05) is 5.02 Å². The zero-order valence-corrected chi connectivity index (χ0v) is 13.8. The van der Waals surface area contributed by atoms with E-state index in [9.17, 15) is 9.59 Å². The van der Waals surface area contributed by atoms with E-state index in [0.29, 0.717) is 10.7 Å². The fraction of sp³-hybridized carbons (Fsp3) is 0.111. The van der Waals surface area contributed by atoms with Crippen LogP contribution >= 0.6 is 11.6 Å². The maximum Gasteiger partial charge on any atom is 0.257 e. The van der Waals surface area contributed by atoms with Gasteiger partial charge in [-0.3, -0.25) is 20.4 Å². The summed E-state index contributed by atoms with van der Waals surface area (Å²) < 4.78 is 0. The first-order valence-corrected chi connectivity index (χ1v) is 7.73. The lowest BCUT2D eigenvalue weighted by molar-refractivity contribution is -0.126. The Morgan fingerprint density at radius 3 is 2.25 bits per heavy atom. The van der Waals surface area contributed by atoms with Crippen molar-refractivity contribution in [3.05, 3.63) is 77.3 Å². The summed E-state index contributed by atoms with van der Waals surface area (Å²) in [5, 5.41) is 3.19. The van der Waals surface area contributed by atoms with Crippen LogP contribution in [-0.4, -0.2) is 18.4 Å². The largest absolute Gasteiger partial charge is 0.347 e. The molecule has 2 rings (SSSR count). The molecule has 2 amide bonds. The molecule has 0 heterocycles. The van der Waals surface area contributed by atoms with Crippen LogP contribution in [0.15, 0.2) is 61.2 Å². The van der Waals surface area contributed by atoms with Gasteiger partial charge in [0.05, 0.1) is 18.7 Å². The first kappa shape index (κ1) is 17.6.